The third-order valence-electron chi connectivity index (χ3n) is 12.6. The second-order valence-electron chi connectivity index (χ2n) is 16.2. The monoisotopic (exact) mass is 759 g/mol. The van der Waals surface area contributed by atoms with E-state index in [1.54, 1.807) is 0 Å². The Balaban J connectivity index is 0.974. The van der Waals surface area contributed by atoms with Crippen LogP contribution < -0.4 is 5.32 Å². The van der Waals surface area contributed by atoms with E-state index in [2.05, 4.69) is 192 Å². The molecule has 2 aromatic heterocycles. The highest BCUT2D eigenvalue weighted by Crippen LogP contribution is 2.48. The van der Waals surface area contributed by atoms with Gasteiger partial charge in [0.1, 0.15) is 17.3 Å². The summed E-state index contributed by atoms with van der Waals surface area (Å²) < 4.78 is 8.90. The first-order chi connectivity index (χ1) is 29.2. The van der Waals surface area contributed by atoms with Crippen LogP contribution in [0.25, 0.3) is 60.6 Å². The van der Waals surface area contributed by atoms with E-state index in [1.165, 1.54) is 44.3 Å². The third-order valence-corrected chi connectivity index (χ3v) is 12.6. The SMILES string of the molecule is C1=CC(C2=C3C[C@@H]3C/C(c3ccccc3)=N\C(c3cccc(-n4c5ccccc5c5cc(-c6cccc7c6oc6ccccc67)ccc54)c3)N2)=CC(c2ccccc2)C1. The summed E-state index contributed by atoms with van der Waals surface area (Å²) in [5, 5.41) is 8.77. The highest BCUT2D eigenvalue weighted by atomic mass is 16.3. The smallest absolute Gasteiger partial charge is 0.145 e. The number of benzene rings is 7. The van der Waals surface area contributed by atoms with Crippen molar-refractivity contribution in [1.29, 1.82) is 0 Å². The summed E-state index contributed by atoms with van der Waals surface area (Å²) in [7, 11) is 0. The molecule has 59 heavy (non-hydrogen) atoms. The second-order valence-corrected chi connectivity index (χ2v) is 16.2. The largest absolute Gasteiger partial charge is 0.455 e. The Morgan fingerprint density at radius 1 is 0.593 bits per heavy atom. The van der Waals surface area contributed by atoms with E-state index >= 15 is 0 Å². The van der Waals surface area contributed by atoms with E-state index in [0.29, 0.717) is 11.8 Å². The quantitative estimate of drug-likeness (QED) is 0.183. The maximum atomic E-state index is 6.48. The Morgan fingerprint density at radius 3 is 2.24 bits per heavy atom. The third kappa shape index (κ3) is 5.86. The molecule has 7 aromatic carbocycles. The highest BCUT2D eigenvalue weighted by molar-refractivity contribution is 6.13. The summed E-state index contributed by atoms with van der Waals surface area (Å²) in [6.45, 7) is 0. The topological polar surface area (TPSA) is 42.5 Å². The van der Waals surface area contributed by atoms with Crippen molar-refractivity contribution in [2.24, 2.45) is 10.9 Å². The van der Waals surface area contributed by atoms with Gasteiger partial charge < -0.3 is 14.3 Å². The molecule has 2 unspecified atom stereocenters. The Bertz CT molecular complexity index is 3230. The van der Waals surface area contributed by atoms with E-state index in [0.717, 1.165) is 74.8 Å². The summed E-state index contributed by atoms with van der Waals surface area (Å²) >= 11 is 0. The lowest BCUT2D eigenvalue weighted by Gasteiger charge is -2.26. The molecule has 1 saturated carbocycles. The van der Waals surface area contributed by atoms with Gasteiger partial charge in [-0.15, -0.1) is 0 Å². The number of rotatable bonds is 6. The van der Waals surface area contributed by atoms with Crippen molar-refractivity contribution in [3.8, 4) is 16.8 Å². The average Bonchev–Trinajstić information content (AvgIpc) is 3.80. The van der Waals surface area contributed by atoms with Crippen molar-refractivity contribution in [1.82, 2.24) is 9.88 Å². The van der Waals surface area contributed by atoms with Gasteiger partial charge in [-0.25, -0.2) is 0 Å². The molecule has 9 aromatic rings. The van der Waals surface area contributed by atoms with Crippen LogP contribution in [0.5, 0.6) is 0 Å². The van der Waals surface area contributed by atoms with Crippen LogP contribution in [0.2, 0.25) is 0 Å². The molecule has 4 nitrogen and oxygen atoms in total. The van der Waals surface area contributed by atoms with Gasteiger partial charge >= 0.3 is 0 Å². The highest BCUT2D eigenvalue weighted by Gasteiger charge is 2.38. The first kappa shape index (κ1) is 33.9. The zero-order valence-electron chi connectivity index (χ0n) is 32.6. The molecule has 1 aliphatic heterocycles. The molecule has 0 saturated heterocycles. The van der Waals surface area contributed by atoms with Crippen LogP contribution in [0.3, 0.4) is 0 Å². The fourth-order valence-corrected chi connectivity index (χ4v) is 9.67. The molecule has 2 aliphatic carbocycles. The molecule has 282 valence electrons. The number of nitrogens with zero attached hydrogens (tertiary/aromatic N) is 2. The lowest BCUT2D eigenvalue weighted by Crippen LogP contribution is -2.24. The van der Waals surface area contributed by atoms with Crippen molar-refractivity contribution >= 4 is 49.5 Å². The Hall–Kier alpha value is -7.17. The number of aliphatic imine (C=N–C) groups is 1. The van der Waals surface area contributed by atoms with Gasteiger partial charge in [-0.3, -0.25) is 4.99 Å². The van der Waals surface area contributed by atoms with Crippen molar-refractivity contribution < 1.29 is 4.42 Å². The molecule has 0 amide bonds. The van der Waals surface area contributed by atoms with Gasteiger partial charge in [-0.2, -0.15) is 0 Å². The fraction of sp³-hybridized carbons (Fsp3) is 0.109. The Kier molecular flexibility index (Phi) is 7.90. The lowest BCUT2D eigenvalue weighted by atomic mass is 9.88. The summed E-state index contributed by atoms with van der Waals surface area (Å²) in [5.41, 5.74) is 16.4. The normalized spacial score (nSPS) is 19.9. The van der Waals surface area contributed by atoms with Gasteiger partial charge in [-0.05, 0) is 95.0 Å². The molecule has 0 spiro atoms. The first-order valence-corrected chi connectivity index (χ1v) is 20.8. The number of hydrogen-bond donors (Lipinski definition) is 1. The Morgan fingerprint density at radius 2 is 1.34 bits per heavy atom. The van der Waals surface area contributed by atoms with Crippen molar-refractivity contribution in [3.63, 3.8) is 0 Å². The van der Waals surface area contributed by atoms with E-state index in [1.807, 2.05) is 6.07 Å². The van der Waals surface area contributed by atoms with Crippen LogP contribution >= 0.6 is 0 Å². The number of allylic oxidation sites excluding steroid dienone is 4. The first-order valence-electron chi connectivity index (χ1n) is 20.8. The molecular formula is C55H41N3O. The molecule has 3 heterocycles. The van der Waals surface area contributed by atoms with Gasteiger partial charge in [0, 0.05) is 50.1 Å². The zero-order chi connectivity index (χ0) is 38.9. The number of hydrogen-bond acceptors (Lipinski definition) is 3. The summed E-state index contributed by atoms with van der Waals surface area (Å²) in [6, 6.07) is 61.1. The molecular weight excluding hydrogens is 719 g/mol. The fourth-order valence-electron chi connectivity index (χ4n) is 9.67. The van der Waals surface area contributed by atoms with Gasteiger partial charge in [0.15, 0.2) is 0 Å². The van der Waals surface area contributed by atoms with Crippen molar-refractivity contribution in [2.75, 3.05) is 0 Å². The van der Waals surface area contributed by atoms with E-state index in [4.69, 9.17) is 9.41 Å². The number of fused-ring (bicyclic) bond motifs is 7. The molecule has 0 bridgehead atoms. The van der Waals surface area contributed by atoms with E-state index < -0.39 is 0 Å². The van der Waals surface area contributed by atoms with E-state index in [-0.39, 0.29) is 6.17 Å². The van der Waals surface area contributed by atoms with Gasteiger partial charge in [-0.1, -0.05) is 152 Å². The maximum Gasteiger partial charge on any atom is 0.145 e. The predicted octanol–water partition coefficient (Wildman–Crippen LogP) is 13.8. The van der Waals surface area contributed by atoms with Crippen LogP contribution in [-0.2, 0) is 0 Å². The number of nitrogens with one attached hydrogen (secondary N) is 1. The number of furan rings is 1. The molecule has 4 heteroatoms. The second kappa shape index (κ2) is 13.7. The lowest BCUT2D eigenvalue weighted by molar-refractivity contribution is 0.620. The zero-order valence-corrected chi connectivity index (χ0v) is 32.6. The van der Waals surface area contributed by atoms with Gasteiger partial charge in [0.2, 0.25) is 0 Å². The minimum Gasteiger partial charge on any atom is -0.455 e. The average molecular weight is 760 g/mol. The van der Waals surface area contributed by atoms with Crippen molar-refractivity contribution in [3.05, 3.63) is 222 Å². The van der Waals surface area contributed by atoms with Crippen LogP contribution in [0, 0.1) is 5.92 Å². The Labute approximate surface area is 343 Å². The summed E-state index contributed by atoms with van der Waals surface area (Å²) in [6.07, 6.45) is 9.91. The number of aromatic nitrogens is 1. The summed E-state index contributed by atoms with van der Waals surface area (Å²) in [4.78, 5) is 5.61. The van der Waals surface area contributed by atoms with Gasteiger partial charge in [0.05, 0.1) is 11.0 Å². The molecule has 3 atom stereocenters. The molecule has 0 radical (unpaired) electrons. The van der Waals surface area contributed by atoms with E-state index in [9.17, 15) is 0 Å². The predicted molar refractivity (Wildman–Crippen MR) is 243 cm³/mol. The van der Waals surface area contributed by atoms with Crippen LogP contribution in [0.4, 0.5) is 0 Å². The summed E-state index contributed by atoms with van der Waals surface area (Å²) in [5.74, 6) is 0.845. The van der Waals surface area contributed by atoms with Crippen LogP contribution in [-0.4, -0.2) is 10.3 Å². The van der Waals surface area contributed by atoms with Crippen LogP contribution in [0.15, 0.2) is 214 Å². The van der Waals surface area contributed by atoms with Crippen LogP contribution in [0.1, 0.15) is 48.0 Å². The molecule has 1 N–H and O–H groups in total. The maximum absolute atomic E-state index is 6.48. The van der Waals surface area contributed by atoms with Crippen molar-refractivity contribution in [2.45, 2.75) is 31.3 Å². The molecule has 1 fully saturated rings. The minimum absolute atomic E-state index is 0.274. The standard InChI is InChI=1S/C55H41N3O/c1-3-14-35(15-4-1)37-18-11-19-39(30-37)53-47-33-41(47)34-49(36-16-5-2-6-17-36)56-55(57-53)40-20-12-21-42(31-40)58-50-26-9-7-22-44(50)48-32-38(28-29-51(48)58)43-24-13-25-46-45-23-8-10-27-52(45)59-54(43)46/h1-17,19-32,37,41,55,57H,18,33-34H2/b53-47?,56-49+/t37?,41-,55?/m1/s1. The number of para-hydroxylation sites is 3. The minimum atomic E-state index is -0.274. The van der Waals surface area contributed by atoms with Gasteiger partial charge in [0.25, 0.3) is 0 Å². The molecule has 12 rings (SSSR count). The molecule has 3 aliphatic rings.